The Kier molecular flexibility index (Phi) is 5.41. The summed E-state index contributed by atoms with van der Waals surface area (Å²) in [5.74, 6) is -0.642. The summed E-state index contributed by atoms with van der Waals surface area (Å²) < 4.78 is 57.0. The van der Waals surface area contributed by atoms with Gasteiger partial charge in [-0.05, 0) is 43.7 Å². The third-order valence-corrected chi connectivity index (χ3v) is 4.68. The van der Waals surface area contributed by atoms with E-state index in [4.69, 9.17) is 4.52 Å². The molecule has 2 N–H and O–H groups in total. The fourth-order valence-electron chi connectivity index (χ4n) is 3.25. The van der Waals surface area contributed by atoms with Crippen molar-refractivity contribution in [3.05, 3.63) is 65.3 Å². The zero-order valence-electron chi connectivity index (χ0n) is 16.9. The summed E-state index contributed by atoms with van der Waals surface area (Å²) in [5.41, 5.74) is 1.54. The molecule has 4 rings (SSSR count). The molecule has 0 bridgehead atoms. The van der Waals surface area contributed by atoms with Gasteiger partial charge in [0.2, 0.25) is 5.89 Å². The highest BCUT2D eigenvalue weighted by atomic mass is 19.4. The molecule has 1 atom stereocenters. The normalized spacial score (nSPS) is 12.8. The number of nitrogens with zero attached hydrogens (tertiary/aromatic N) is 3. The van der Waals surface area contributed by atoms with Gasteiger partial charge in [0.05, 0.1) is 11.0 Å². The number of benzene rings is 2. The van der Waals surface area contributed by atoms with Crippen molar-refractivity contribution in [3.8, 4) is 11.1 Å². The van der Waals surface area contributed by atoms with Crippen LogP contribution in [0.5, 0.6) is 0 Å². The number of aryl methyl sites for hydroxylation is 1. The summed E-state index contributed by atoms with van der Waals surface area (Å²) in [6.45, 7) is 3.29. The molecule has 11 heteroatoms. The van der Waals surface area contributed by atoms with Crippen LogP contribution in [0.3, 0.4) is 0 Å². The molecule has 4 aromatic rings. The number of hydrogen-bond donors (Lipinski definition) is 2. The SMILES string of the molecule is Cc1noc([C@@H](C)NC(=O)c2cc(-c3ccc(F)cc3)c3nc(CC(F)(F)F)[nH]c3c2)n1. The highest BCUT2D eigenvalue weighted by Gasteiger charge is 2.30. The summed E-state index contributed by atoms with van der Waals surface area (Å²) in [7, 11) is 0. The smallest absolute Gasteiger partial charge is 0.342 e. The number of hydrogen-bond acceptors (Lipinski definition) is 5. The Labute approximate surface area is 178 Å². The molecule has 7 nitrogen and oxygen atoms in total. The largest absolute Gasteiger partial charge is 0.396 e. The third kappa shape index (κ3) is 4.61. The second-order valence-corrected chi connectivity index (χ2v) is 7.28. The van der Waals surface area contributed by atoms with Crippen LogP contribution in [0.1, 0.15) is 40.9 Å². The molecule has 0 radical (unpaired) electrons. The number of aromatic amines is 1. The fraction of sp³-hybridized carbons (Fsp3) is 0.238. The van der Waals surface area contributed by atoms with Gasteiger partial charge in [0.15, 0.2) is 5.82 Å². The average molecular weight is 447 g/mol. The van der Waals surface area contributed by atoms with E-state index in [0.29, 0.717) is 17.0 Å². The van der Waals surface area contributed by atoms with Crippen LogP contribution >= 0.6 is 0 Å². The maximum Gasteiger partial charge on any atom is 0.396 e. The van der Waals surface area contributed by atoms with Gasteiger partial charge in [0, 0.05) is 11.1 Å². The number of halogens is 4. The Hall–Kier alpha value is -3.76. The van der Waals surface area contributed by atoms with Crippen molar-refractivity contribution in [1.82, 2.24) is 25.4 Å². The van der Waals surface area contributed by atoms with Crippen molar-refractivity contribution in [2.75, 3.05) is 0 Å². The lowest BCUT2D eigenvalue weighted by molar-refractivity contribution is -0.128. The molecule has 0 aliphatic rings. The molecular weight excluding hydrogens is 430 g/mol. The molecule has 1 amide bonds. The summed E-state index contributed by atoms with van der Waals surface area (Å²) in [5, 5.41) is 6.39. The highest BCUT2D eigenvalue weighted by Crippen LogP contribution is 2.31. The van der Waals surface area contributed by atoms with Crippen molar-refractivity contribution >= 4 is 16.9 Å². The summed E-state index contributed by atoms with van der Waals surface area (Å²) in [4.78, 5) is 23.6. The summed E-state index contributed by atoms with van der Waals surface area (Å²) in [6, 6.07) is 7.68. The van der Waals surface area contributed by atoms with Crippen molar-refractivity contribution in [2.45, 2.75) is 32.5 Å². The number of H-pyrrole nitrogens is 1. The van der Waals surface area contributed by atoms with E-state index >= 15 is 0 Å². The molecule has 0 unspecified atom stereocenters. The van der Waals surface area contributed by atoms with E-state index in [-0.39, 0.29) is 28.3 Å². The Morgan fingerprint density at radius 2 is 1.91 bits per heavy atom. The van der Waals surface area contributed by atoms with E-state index in [1.807, 2.05) is 0 Å². The zero-order chi connectivity index (χ0) is 23.0. The molecule has 0 saturated heterocycles. The number of aromatic nitrogens is 4. The van der Waals surface area contributed by atoms with Crippen LogP contribution in [0.2, 0.25) is 0 Å². The van der Waals surface area contributed by atoms with Gasteiger partial charge in [-0.25, -0.2) is 9.37 Å². The second-order valence-electron chi connectivity index (χ2n) is 7.28. The lowest BCUT2D eigenvalue weighted by atomic mass is 10.0. The number of rotatable bonds is 5. The third-order valence-electron chi connectivity index (χ3n) is 4.68. The van der Waals surface area contributed by atoms with Crippen molar-refractivity contribution in [3.63, 3.8) is 0 Å². The molecule has 166 valence electrons. The lowest BCUT2D eigenvalue weighted by Crippen LogP contribution is -2.27. The number of fused-ring (bicyclic) bond motifs is 1. The maximum absolute atomic E-state index is 13.4. The molecule has 0 fully saturated rings. The Morgan fingerprint density at radius 1 is 1.19 bits per heavy atom. The van der Waals surface area contributed by atoms with Crippen LogP contribution < -0.4 is 5.32 Å². The monoisotopic (exact) mass is 447 g/mol. The summed E-state index contributed by atoms with van der Waals surface area (Å²) in [6.07, 6.45) is -5.71. The minimum atomic E-state index is -4.46. The van der Waals surface area contributed by atoms with Crippen molar-refractivity contribution in [2.24, 2.45) is 0 Å². The highest BCUT2D eigenvalue weighted by molar-refractivity contribution is 6.02. The molecular formula is C21H17F4N5O2. The molecule has 2 aromatic carbocycles. The quantitative estimate of drug-likeness (QED) is 0.434. The number of amides is 1. The van der Waals surface area contributed by atoms with E-state index in [2.05, 4.69) is 25.4 Å². The predicted octanol–water partition coefficient (Wildman–Crippen LogP) is 4.66. The van der Waals surface area contributed by atoms with Gasteiger partial charge in [0.25, 0.3) is 5.91 Å². The van der Waals surface area contributed by atoms with E-state index in [1.54, 1.807) is 13.8 Å². The van der Waals surface area contributed by atoms with Crippen LogP contribution in [0.25, 0.3) is 22.2 Å². The molecule has 0 aliphatic carbocycles. The predicted molar refractivity (Wildman–Crippen MR) is 106 cm³/mol. The van der Waals surface area contributed by atoms with Gasteiger partial charge in [-0.15, -0.1) is 0 Å². The lowest BCUT2D eigenvalue weighted by Gasteiger charge is -2.11. The fourth-order valence-corrected chi connectivity index (χ4v) is 3.25. The van der Waals surface area contributed by atoms with Gasteiger partial charge in [0.1, 0.15) is 24.1 Å². The van der Waals surface area contributed by atoms with E-state index in [9.17, 15) is 22.4 Å². The maximum atomic E-state index is 13.4. The Balaban J connectivity index is 1.75. The van der Waals surface area contributed by atoms with Gasteiger partial charge < -0.3 is 14.8 Å². The van der Waals surface area contributed by atoms with E-state index < -0.39 is 30.4 Å². The Bertz CT molecular complexity index is 1280. The van der Waals surface area contributed by atoms with Crippen LogP contribution in [-0.2, 0) is 6.42 Å². The van der Waals surface area contributed by atoms with Gasteiger partial charge >= 0.3 is 6.18 Å². The topological polar surface area (TPSA) is 96.7 Å². The van der Waals surface area contributed by atoms with Crippen LogP contribution in [-0.4, -0.2) is 32.2 Å². The zero-order valence-corrected chi connectivity index (χ0v) is 16.9. The van der Waals surface area contributed by atoms with E-state index in [1.165, 1.54) is 36.4 Å². The van der Waals surface area contributed by atoms with Gasteiger partial charge in [-0.1, -0.05) is 17.3 Å². The van der Waals surface area contributed by atoms with Gasteiger partial charge in [-0.3, -0.25) is 4.79 Å². The minimum absolute atomic E-state index is 0.169. The minimum Gasteiger partial charge on any atom is -0.342 e. The van der Waals surface area contributed by atoms with Crippen LogP contribution in [0.4, 0.5) is 17.6 Å². The summed E-state index contributed by atoms with van der Waals surface area (Å²) >= 11 is 0. The molecule has 32 heavy (non-hydrogen) atoms. The average Bonchev–Trinajstić information content (AvgIpc) is 3.32. The number of imidazole rings is 1. The molecule has 0 spiro atoms. The van der Waals surface area contributed by atoms with Crippen LogP contribution in [0, 0.1) is 12.7 Å². The second kappa shape index (κ2) is 8.06. The standard InChI is InChI=1S/C21H17F4N5O2/c1-10(20-27-11(2)30-32-20)26-19(31)13-7-15(12-3-5-14(22)6-4-12)18-16(8-13)28-17(29-18)9-21(23,24)25/h3-8,10H,9H2,1-2H3,(H,26,31)(H,28,29)/t10-/m1/s1. The molecule has 2 heterocycles. The van der Waals surface area contributed by atoms with Gasteiger partial charge in [-0.2, -0.15) is 18.2 Å². The first-order valence-corrected chi connectivity index (χ1v) is 9.55. The first-order valence-electron chi connectivity index (χ1n) is 9.55. The first kappa shape index (κ1) is 21.5. The van der Waals surface area contributed by atoms with Crippen LogP contribution in [0.15, 0.2) is 40.9 Å². The molecule has 2 aromatic heterocycles. The molecule has 0 aliphatic heterocycles. The van der Waals surface area contributed by atoms with E-state index in [0.717, 1.165) is 0 Å². The molecule has 0 saturated carbocycles. The number of nitrogens with one attached hydrogen (secondary N) is 2. The first-order chi connectivity index (χ1) is 15.1. The van der Waals surface area contributed by atoms with Crippen molar-refractivity contribution < 1.29 is 26.9 Å². The van der Waals surface area contributed by atoms with Crippen molar-refractivity contribution in [1.29, 1.82) is 0 Å². The number of carbonyl (C=O) groups excluding carboxylic acids is 1. The number of alkyl halides is 3. The Morgan fingerprint density at radius 3 is 2.53 bits per heavy atom. The number of carbonyl (C=O) groups is 1.